The van der Waals surface area contributed by atoms with Gasteiger partial charge in [0, 0.05) is 10.0 Å². The van der Waals surface area contributed by atoms with E-state index in [0.29, 0.717) is 0 Å². The largest absolute Gasteiger partial charge is 0.370 e. The van der Waals surface area contributed by atoms with Gasteiger partial charge in [-0.2, -0.15) is 4.68 Å². The second-order valence-corrected chi connectivity index (χ2v) is 6.96. The van der Waals surface area contributed by atoms with Gasteiger partial charge in [0.25, 0.3) is 0 Å². The number of morpholine rings is 1. The Morgan fingerprint density at radius 2 is 1.72 bits per heavy atom. The smallest absolute Gasteiger partial charge is 0.218 e. The molecule has 4 rings (SSSR count). The lowest BCUT2D eigenvalue weighted by atomic mass is 10.0. The summed E-state index contributed by atoms with van der Waals surface area (Å²) in [6.45, 7) is 3.40. The Balaban J connectivity index is 1.78. The fourth-order valence-electron chi connectivity index (χ4n) is 3.28. The Morgan fingerprint density at radius 3 is 2.44 bits per heavy atom. The first-order chi connectivity index (χ1) is 12.3. The number of halogens is 1. The minimum absolute atomic E-state index is 0.0729. The highest BCUT2D eigenvalue weighted by Crippen LogP contribution is 2.21. The molecule has 0 spiro atoms. The molecule has 0 saturated carbocycles. The van der Waals surface area contributed by atoms with Crippen molar-refractivity contribution in [3.05, 3.63) is 70.5 Å². The van der Waals surface area contributed by atoms with Gasteiger partial charge in [0.05, 0.1) is 18.9 Å². The van der Waals surface area contributed by atoms with Gasteiger partial charge in [-0.3, -0.25) is 0 Å². The zero-order valence-corrected chi connectivity index (χ0v) is 15.3. The topological polar surface area (TPSA) is 57.3 Å². The summed E-state index contributed by atoms with van der Waals surface area (Å²) in [5, 5.41) is 12.6. The van der Waals surface area contributed by atoms with Gasteiger partial charge >= 0.3 is 0 Å². The molecule has 1 aliphatic rings. The van der Waals surface area contributed by atoms with Crippen LogP contribution in [-0.4, -0.2) is 46.5 Å². The van der Waals surface area contributed by atoms with Crippen molar-refractivity contribution in [2.45, 2.75) is 6.04 Å². The third kappa shape index (κ3) is 3.49. The van der Waals surface area contributed by atoms with Gasteiger partial charge < -0.3 is 9.64 Å². The number of quaternary nitrogens is 1. The molecular formula is C18H19BrN5O+. The number of hydrogen-bond donors (Lipinski definition) is 1. The van der Waals surface area contributed by atoms with Crippen LogP contribution in [0.2, 0.25) is 0 Å². The van der Waals surface area contributed by atoms with Crippen LogP contribution in [0.3, 0.4) is 0 Å². The molecule has 1 atom stereocenters. The van der Waals surface area contributed by atoms with Crippen LogP contribution in [0.1, 0.15) is 17.4 Å². The molecule has 0 unspecified atom stereocenters. The summed E-state index contributed by atoms with van der Waals surface area (Å²) in [4.78, 5) is 1.42. The molecule has 1 aliphatic heterocycles. The van der Waals surface area contributed by atoms with Crippen LogP contribution in [-0.2, 0) is 4.74 Å². The van der Waals surface area contributed by atoms with Crippen LogP contribution < -0.4 is 4.90 Å². The Morgan fingerprint density at radius 1 is 1.00 bits per heavy atom. The summed E-state index contributed by atoms with van der Waals surface area (Å²) in [7, 11) is 0. The number of ether oxygens (including phenoxy) is 1. The zero-order chi connectivity index (χ0) is 17.1. The van der Waals surface area contributed by atoms with E-state index in [-0.39, 0.29) is 6.04 Å². The van der Waals surface area contributed by atoms with Crippen molar-refractivity contribution in [1.29, 1.82) is 0 Å². The molecule has 0 radical (unpaired) electrons. The van der Waals surface area contributed by atoms with Crippen LogP contribution in [0.4, 0.5) is 0 Å². The minimum Gasteiger partial charge on any atom is -0.370 e. The number of tetrazole rings is 1. The van der Waals surface area contributed by atoms with E-state index < -0.39 is 0 Å². The van der Waals surface area contributed by atoms with E-state index in [0.717, 1.165) is 42.3 Å². The molecule has 1 saturated heterocycles. The number of hydrogen-bond acceptors (Lipinski definition) is 4. The highest BCUT2D eigenvalue weighted by molar-refractivity contribution is 9.10. The number of nitrogens with one attached hydrogen (secondary N) is 1. The molecular weight excluding hydrogens is 382 g/mol. The molecule has 3 aromatic rings. The third-order valence-electron chi connectivity index (χ3n) is 4.50. The standard InChI is InChI=1S/C18H18BrN5O/c19-15-6-8-16(9-7-15)24-18(20-21-22-24)17(14-4-2-1-3-5-14)23-10-12-25-13-11-23/h1-9,17H,10-13H2/p+1/t17-/m0/s1. The Hall–Kier alpha value is -2.09. The van der Waals surface area contributed by atoms with Gasteiger partial charge in [-0.25, -0.2) is 0 Å². The number of nitrogens with zero attached hydrogens (tertiary/aromatic N) is 4. The molecule has 2 heterocycles. The Kier molecular flexibility index (Phi) is 4.87. The first-order valence-electron chi connectivity index (χ1n) is 8.34. The summed E-state index contributed by atoms with van der Waals surface area (Å²) < 4.78 is 8.42. The fraction of sp³-hybridized carbons (Fsp3) is 0.278. The normalized spacial score (nSPS) is 16.7. The number of benzene rings is 2. The van der Waals surface area contributed by atoms with Crippen molar-refractivity contribution in [2.75, 3.05) is 26.3 Å². The summed E-state index contributed by atoms with van der Waals surface area (Å²) in [6, 6.07) is 18.6. The van der Waals surface area contributed by atoms with Crippen molar-refractivity contribution in [2.24, 2.45) is 0 Å². The minimum atomic E-state index is 0.0729. The molecule has 1 fully saturated rings. The van der Waals surface area contributed by atoms with E-state index in [1.54, 1.807) is 0 Å². The average Bonchev–Trinajstić information content (AvgIpc) is 3.14. The molecule has 0 amide bonds. The van der Waals surface area contributed by atoms with Crippen LogP contribution in [0.25, 0.3) is 5.69 Å². The van der Waals surface area contributed by atoms with Gasteiger partial charge in [0.2, 0.25) is 5.82 Å². The third-order valence-corrected chi connectivity index (χ3v) is 5.03. The first-order valence-corrected chi connectivity index (χ1v) is 9.14. The second-order valence-electron chi connectivity index (χ2n) is 6.04. The van der Waals surface area contributed by atoms with E-state index in [4.69, 9.17) is 4.74 Å². The SMILES string of the molecule is Brc1ccc(-n2nnnc2[C@H](c2ccccc2)[NH+]2CCOCC2)cc1. The van der Waals surface area contributed by atoms with Crippen LogP contribution in [0.15, 0.2) is 59.1 Å². The van der Waals surface area contributed by atoms with Crippen molar-refractivity contribution in [3.8, 4) is 5.69 Å². The molecule has 7 heteroatoms. The van der Waals surface area contributed by atoms with Crippen LogP contribution in [0, 0.1) is 0 Å². The van der Waals surface area contributed by atoms with Gasteiger partial charge in [-0.15, -0.1) is 5.10 Å². The Bertz CT molecular complexity index is 815. The van der Waals surface area contributed by atoms with E-state index in [2.05, 4.69) is 55.7 Å². The fourth-order valence-corrected chi connectivity index (χ4v) is 3.54. The highest BCUT2D eigenvalue weighted by Gasteiger charge is 2.33. The molecule has 0 aliphatic carbocycles. The van der Waals surface area contributed by atoms with Crippen molar-refractivity contribution < 1.29 is 9.64 Å². The van der Waals surface area contributed by atoms with Gasteiger partial charge in [0.15, 0.2) is 6.04 Å². The summed E-state index contributed by atoms with van der Waals surface area (Å²) in [5.41, 5.74) is 2.17. The van der Waals surface area contributed by atoms with E-state index >= 15 is 0 Å². The predicted octanol–water partition coefficient (Wildman–Crippen LogP) is 1.43. The molecule has 1 N–H and O–H groups in total. The summed E-state index contributed by atoms with van der Waals surface area (Å²) >= 11 is 3.48. The number of aromatic nitrogens is 4. The molecule has 0 bridgehead atoms. The lowest BCUT2D eigenvalue weighted by Gasteiger charge is -2.30. The number of rotatable bonds is 4. The highest BCUT2D eigenvalue weighted by atomic mass is 79.9. The molecule has 2 aromatic carbocycles. The molecule has 128 valence electrons. The monoisotopic (exact) mass is 400 g/mol. The van der Waals surface area contributed by atoms with Crippen molar-refractivity contribution in [3.63, 3.8) is 0 Å². The average molecular weight is 401 g/mol. The predicted molar refractivity (Wildman–Crippen MR) is 96.7 cm³/mol. The van der Waals surface area contributed by atoms with Crippen LogP contribution in [0.5, 0.6) is 0 Å². The van der Waals surface area contributed by atoms with E-state index in [1.807, 2.05) is 35.0 Å². The maximum Gasteiger partial charge on any atom is 0.218 e. The first kappa shape index (κ1) is 16.4. The second kappa shape index (κ2) is 7.43. The van der Waals surface area contributed by atoms with Crippen LogP contribution >= 0.6 is 15.9 Å². The zero-order valence-electron chi connectivity index (χ0n) is 13.7. The van der Waals surface area contributed by atoms with Crippen molar-refractivity contribution in [1.82, 2.24) is 20.2 Å². The quantitative estimate of drug-likeness (QED) is 0.719. The van der Waals surface area contributed by atoms with E-state index in [1.165, 1.54) is 10.5 Å². The summed E-state index contributed by atoms with van der Waals surface area (Å²) in [5.74, 6) is 0.852. The van der Waals surface area contributed by atoms with Gasteiger partial charge in [-0.05, 0) is 34.7 Å². The lowest BCUT2D eigenvalue weighted by Crippen LogP contribution is -3.14. The van der Waals surface area contributed by atoms with Gasteiger partial charge in [-0.1, -0.05) is 46.3 Å². The van der Waals surface area contributed by atoms with Gasteiger partial charge in [0.1, 0.15) is 13.1 Å². The maximum atomic E-state index is 5.55. The molecule has 1 aromatic heterocycles. The van der Waals surface area contributed by atoms with Crippen molar-refractivity contribution >= 4 is 15.9 Å². The lowest BCUT2D eigenvalue weighted by molar-refractivity contribution is -0.933. The molecule has 25 heavy (non-hydrogen) atoms. The summed E-state index contributed by atoms with van der Waals surface area (Å²) in [6.07, 6.45) is 0. The molecule has 6 nitrogen and oxygen atoms in total. The van der Waals surface area contributed by atoms with E-state index in [9.17, 15) is 0 Å². The Labute approximate surface area is 154 Å². The maximum absolute atomic E-state index is 5.55.